The van der Waals surface area contributed by atoms with E-state index in [9.17, 15) is 0 Å². The molecule has 0 saturated carbocycles. The molecule has 172 valence electrons. The van der Waals surface area contributed by atoms with Crippen molar-refractivity contribution in [2.24, 2.45) is 0 Å². The van der Waals surface area contributed by atoms with Gasteiger partial charge in [-0.05, 0) is 86.6 Å². The number of benzene rings is 2. The highest BCUT2D eigenvalue weighted by atomic mass is 35.5. The Morgan fingerprint density at radius 3 is 2.44 bits per heavy atom. The Morgan fingerprint density at radius 1 is 0.971 bits per heavy atom. The van der Waals surface area contributed by atoms with E-state index in [4.69, 9.17) is 23.8 Å². The number of hydrogen-bond donors (Lipinski definition) is 1. The first-order valence-corrected chi connectivity index (χ1v) is 11.9. The van der Waals surface area contributed by atoms with Gasteiger partial charge in [0.2, 0.25) is 0 Å². The lowest BCUT2D eigenvalue weighted by Gasteiger charge is -2.28. The minimum absolute atomic E-state index is 0.247. The van der Waals surface area contributed by atoms with E-state index in [1.807, 2.05) is 48.2 Å². The van der Waals surface area contributed by atoms with Gasteiger partial charge in [-0.3, -0.25) is 4.98 Å². The number of pyridine rings is 1. The van der Waals surface area contributed by atoms with Crippen LogP contribution in [0.4, 0.5) is 10.1 Å². The van der Waals surface area contributed by atoms with E-state index in [0.717, 1.165) is 38.9 Å². The summed E-state index contributed by atoms with van der Waals surface area (Å²) in [7, 11) is 0. The molecule has 1 aliphatic rings. The van der Waals surface area contributed by atoms with Crippen LogP contribution in [0, 0.1) is 26.6 Å². The van der Waals surface area contributed by atoms with Gasteiger partial charge in [-0.15, -0.1) is 0 Å². The Bertz CT molecular complexity index is 1380. The molecule has 0 bridgehead atoms. The average molecular weight is 491 g/mol. The first-order valence-electron chi connectivity index (χ1n) is 11.1. The van der Waals surface area contributed by atoms with E-state index >= 15 is 4.39 Å². The third kappa shape index (κ3) is 3.67. The van der Waals surface area contributed by atoms with Gasteiger partial charge in [0.05, 0.1) is 23.5 Å². The molecule has 2 aromatic heterocycles. The maximum absolute atomic E-state index is 15.0. The third-order valence-electron chi connectivity index (χ3n) is 6.48. The van der Waals surface area contributed by atoms with Gasteiger partial charge in [-0.1, -0.05) is 35.9 Å². The Labute approximate surface area is 209 Å². The van der Waals surface area contributed by atoms with E-state index in [1.165, 1.54) is 6.07 Å². The van der Waals surface area contributed by atoms with Gasteiger partial charge in [0.25, 0.3) is 0 Å². The highest BCUT2D eigenvalue weighted by Gasteiger charge is 2.43. The minimum Gasteiger partial charge on any atom is -0.351 e. The number of halogens is 2. The quantitative estimate of drug-likeness (QED) is 0.320. The average Bonchev–Trinajstić information content (AvgIpc) is 3.32. The molecule has 2 aromatic carbocycles. The van der Waals surface area contributed by atoms with E-state index in [-0.39, 0.29) is 17.9 Å². The van der Waals surface area contributed by atoms with Gasteiger partial charge in [0, 0.05) is 28.3 Å². The molecule has 0 spiro atoms. The number of aromatic nitrogens is 2. The molecule has 34 heavy (non-hydrogen) atoms. The molecule has 1 saturated heterocycles. The monoisotopic (exact) mass is 490 g/mol. The molecule has 4 nitrogen and oxygen atoms in total. The van der Waals surface area contributed by atoms with Gasteiger partial charge in [0.1, 0.15) is 5.82 Å². The van der Waals surface area contributed by atoms with Crippen molar-refractivity contribution < 1.29 is 4.39 Å². The molecule has 4 aromatic rings. The minimum atomic E-state index is -0.321. The van der Waals surface area contributed by atoms with Crippen molar-refractivity contribution in [1.82, 2.24) is 14.9 Å². The summed E-state index contributed by atoms with van der Waals surface area (Å²) in [5, 5.41) is 4.59. The molecule has 0 aliphatic carbocycles. The second-order valence-corrected chi connectivity index (χ2v) is 9.29. The molecule has 0 amide bonds. The Morgan fingerprint density at radius 2 is 1.71 bits per heavy atom. The summed E-state index contributed by atoms with van der Waals surface area (Å²) in [5.74, 6) is -0.321. The molecule has 1 N–H and O–H groups in total. The van der Waals surface area contributed by atoms with Gasteiger partial charge >= 0.3 is 0 Å². The van der Waals surface area contributed by atoms with Crippen LogP contribution in [0.1, 0.15) is 40.3 Å². The van der Waals surface area contributed by atoms with Crippen molar-refractivity contribution in [3.05, 3.63) is 112 Å². The number of anilines is 1. The fraction of sp³-hybridized carbons (Fsp3) is 0.185. The molecule has 3 heterocycles. The molecular formula is C27H24ClFN4S. The fourth-order valence-corrected chi connectivity index (χ4v) is 5.38. The number of thiocarbonyl (C=S) groups is 1. The third-order valence-corrected chi connectivity index (χ3v) is 7.20. The van der Waals surface area contributed by atoms with Crippen LogP contribution in [-0.4, -0.2) is 14.7 Å². The molecule has 7 heteroatoms. The topological polar surface area (TPSA) is 33.1 Å². The van der Waals surface area contributed by atoms with E-state index in [2.05, 4.69) is 40.8 Å². The highest BCUT2D eigenvalue weighted by Crippen LogP contribution is 2.44. The lowest BCUT2D eigenvalue weighted by atomic mass is 9.96. The molecule has 0 unspecified atom stereocenters. The molecular weight excluding hydrogens is 467 g/mol. The summed E-state index contributed by atoms with van der Waals surface area (Å²) < 4.78 is 17.2. The lowest BCUT2D eigenvalue weighted by Crippen LogP contribution is -2.30. The van der Waals surface area contributed by atoms with Crippen molar-refractivity contribution in [2.45, 2.75) is 32.9 Å². The predicted molar refractivity (Wildman–Crippen MR) is 139 cm³/mol. The van der Waals surface area contributed by atoms with Crippen LogP contribution in [0.5, 0.6) is 0 Å². The van der Waals surface area contributed by atoms with Crippen LogP contribution < -0.4 is 10.2 Å². The number of hydrogen-bond acceptors (Lipinski definition) is 2. The zero-order chi connectivity index (χ0) is 24.0. The Balaban J connectivity index is 1.72. The predicted octanol–water partition coefficient (Wildman–Crippen LogP) is 6.77. The summed E-state index contributed by atoms with van der Waals surface area (Å²) in [6.07, 6.45) is 1.77. The van der Waals surface area contributed by atoms with Crippen molar-refractivity contribution in [3.8, 4) is 5.69 Å². The Kier molecular flexibility index (Phi) is 5.88. The smallest absolute Gasteiger partial charge is 0.174 e. The van der Waals surface area contributed by atoms with Crippen LogP contribution in [0.15, 0.2) is 72.9 Å². The number of nitrogens with zero attached hydrogens (tertiary/aromatic N) is 3. The van der Waals surface area contributed by atoms with Crippen LogP contribution in [0.2, 0.25) is 5.02 Å². The first kappa shape index (κ1) is 22.6. The molecule has 1 aliphatic heterocycles. The molecule has 5 rings (SSSR count). The van der Waals surface area contributed by atoms with Crippen molar-refractivity contribution >= 4 is 34.6 Å². The highest BCUT2D eigenvalue weighted by molar-refractivity contribution is 7.80. The van der Waals surface area contributed by atoms with Crippen LogP contribution in [0.25, 0.3) is 5.69 Å². The Hall–Kier alpha value is -3.22. The van der Waals surface area contributed by atoms with Crippen LogP contribution in [0.3, 0.4) is 0 Å². The molecule has 0 radical (unpaired) electrons. The van der Waals surface area contributed by atoms with E-state index < -0.39 is 0 Å². The first-order chi connectivity index (χ1) is 16.4. The number of aryl methyl sites for hydroxylation is 1. The van der Waals surface area contributed by atoms with E-state index in [0.29, 0.717) is 10.8 Å². The second-order valence-electron chi connectivity index (χ2n) is 8.49. The molecule has 2 atom stereocenters. The van der Waals surface area contributed by atoms with Gasteiger partial charge in [0.15, 0.2) is 5.11 Å². The van der Waals surface area contributed by atoms with Gasteiger partial charge in [-0.2, -0.15) is 0 Å². The summed E-state index contributed by atoms with van der Waals surface area (Å²) in [5.41, 5.74) is 6.46. The normalized spacial score (nSPS) is 17.8. The molecule has 1 fully saturated rings. The largest absolute Gasteiger partial charge is 0.351 e. The summed E-state index contributed by atoms with van der Waals surface area (Å²) >= 11 is 12.2. The van der Waals surface area contributed by atoms with Crippen molar-refractivity contribution in [1.29, 1.82) is 0 Å². The zero-order valence-electron chi connectivity index (χ0n) is 19.1. The van der Waals surface area contributed by atoms with Gasteiger partial charge < -0.3 is 14.8 Å². The van der Waals surface area contributed by atoms with Gasteiger partial charge in [-0.25, -0.2) is 4.39 Å². The summed E-state index contributed by atoms with van der Waals surface area (Å²) in [4.78, 5) is 6.47. The van der Waals surface area contributed by atoms with Crippen molar-refractivity contribution in [2.75, 3.05) is 4.90 Å². The zero-order valence-corrected chi connectivity index (χ0v) is 20.7. The maximum Gasteiger partial charge on any atom is 0.174 e. The van der Waals surface area contributed by atoms with Crippen LogP contribution >= 0.6 is 23.8 Å². The number of nitrogens with one attached hydrogen (secondary N) is 1. The number of para-hydroxylation sites is 1. The van der Waals surface area contributed by atoms with Crippen molar-refractivity contribution in [3.63, 3.8) is 0 Å². The summed E-state index contributed by atoms with van der Waals surface area (Å²) in [6, 6.07) is 20.1. The standard InChI is InChI=1S/C27H24ClFN4S/c1-16-15-19(18(3)32(16)23-13-8-9-20(28)17(23)2)26-25(22-11-6-7-14-30-22)31-27(34)33(26)24-12-5-4-10-21(24)29/h4-15,25-26H,1-3H3,(H,31,34)/t25-,26+/m1/s1. The van der Waals surface area contributed by atoms with E-state index in [1.54, 1.807) is 18.3 Å². The summed E-state index contributed by atoms with van der Waals surface area (Å²) in [6.45, 7) is 6.17. The maximum atomic E-state index is 15.0. The van der Waals surface area contributed by atoms with Crippen LogP contribution in [-0.2, 0) is 0 Å². The fourth-order valence-electron chi connectivity index (χ4n) is 4.87. The SMILES string of the molecule is Cc1c(Cl)cccc1-n1c(C)cc([C@H]2[C@@H](c3ccccn3)NC(=S)N2c2ccccc2F)c1C. The lowest BCUT2D eigenvalue weighted by molar-refractivity contribution is 0.556. The number of rotatable bonds is 4. The second kappa shape index (κ2) is 8.85.